The monoisotopic (exact) mass is 336 g/mol. The van der Waals surface area contributed by atoms with E-state index >= 15 is 0 Å². The highest BCUT2D eigenvalue weighted by atomic mass is 16.5. The summed E-state index contributed by atoms with van der Waals surface area (Å²) in [6, 6.07) is 9.15. The van der Waals surface area contributed by atoms with Crippen LogP contribution in [0.4, 0.5) is 4.79 Å². The Labute approximate surface area is 141 Å². The first-order chi connectivity index (χ1) is 11.4. The molecule has 132 valence electrons. The molecule has 0 bridgehead atoms. The first kappa shape index (κ1) is 18.1. The summed E-state index contributed by atoms with van der Waals surface area (Å²) < 4.78 is 11.7. The molecule has 1 aromatic rings. The van der Waals surface area contributed by atoms with Crippen LogP contribution < -0.4 is 10.1 Å². The molecule has 1 atom stereocenters. The Morgan fingerprint density at radius 1 is 1.38 bits per heavy atom. The van der Waals surface area contributed by atoms with Gasteiger partial charge in [0.05, 0.1) is 25.1 Å². The van der Waals surface area contributed by atoms with Crippen LogP contribution in [0.3, 0.4) is 0 Å². The fourth-order valence-corrected chi connectivity index (χ4v) is 2.63. The summed E-state index contributed by atoms with van der Waals surface area (Å²) in [5, 5.41) is 11.3. The maximum absolute atomic E-state index is 12.2. The summed E-state index contributed by atoms with van der Waals surface area (Å²) in [5.41, 5.74) is -0.493. The third-order valence-corrected chi connectivity index (χ3v) is 3.56. The number of morpholine rings is 1. The number of aliphatic carboxylic acids is 1. The van der Waals surface area contributed by atoms with Crippen LogP contribution in [0.15, 0.2) is 30.3 Å². The summed E-state index contributed by atoms with van der Waals surface area (Å²) in [6.07, 6.45) is -0.348. The molecule has 2 amide bonds. The molecule has 24 heavy (non-hydrogen) atoms. The second-order valence-corrected chi connectivity index (χ2v) is 6.38. The van der Waals surface area contributed by atoms with Gasteiger partial charge < -0.3 is 24.8 Å². The molecule has 1 aromatic carbocycles. The van der Waals surface area contributed by atoms with Crippen molar-refractivity contribution in [2.45, 2.75) is 32.0 Å². The van der Waals surface area contributed by atoms with Crippen molar-refractivity contribution in [1.82, 2.24) is 10.2 Å². The van der Waals surface area contributed by atoms with Gasteiger partial charge in [0.2, 0.25) is 0 Å². The minimum Gasteiger partial charge on any atom is -0.491 e. The molecule has 1 aliphatic heterocycles. The van der Waals surface area contributed by atoms with Crippen molar-refractivity contribution in [3.05, 3.63) is 30.3 Å². The van der Waals surface area contributed by atoms with Crippen molar-refractivity contribution >= 4 is 12.0 Å². The van der Waals surface area contributed by atoms with Crippen LogP contribution in [-0.2, 0) is 9.53 Å². The number of carboxylic acids is 1. The van der Waals surface area contributed by atoms with E-state index in [1.165, 1.54) is 0 Å². The van der Waals surface area contributed by atoms with E-state index < -0.39 is 11.6 Å². The summed E-state index contributed by atoms with van der Waals surface area (Å²) in [6.45, 7) is 5.12. The van der Waals surface area contributed by atoms with Gasteiger partial charge in [-0.05, 0) is 26.0 Å². The van der Waals surface area contributed by atoms with Gasteiger partial charge in [-0.15, -0.1) is 0 Å². The van der Waals surface area contributed by atoms with Crippen molar-refractivity contribution in [1.29, 1.82) is 0 Å². The molecule has 0 saturated carbocycles. The van der Waals surface area contributed by atoms with Crippen LogP contribution in [0.5, 0.6) is 5.75 Å². The zero-order valence-electron chi connectivity index (χ0n) is 14.0. The lowest BCUT2D eigenvalue weighted by atomic mass is 10.1. The first-order valence-corrected chi connectivity index (χ1v) is 7.96. The molecule has 1 unspecified atom stereocenters. The van der Waals surface area contributed by atoms with Gasteiger partial charge in [0.15, 0.2) is 0 Å². The largest absolute Gasteiger partial charge is 0.491 e. The molecule has 1 saturated heterocycles. The number of para-hydroxylation sites is 1. The number of carboxylic acid groups (broad SMARTS) is 1. The van der Waals surface area contributed by atoms with E-state index in [9.17, 15) is 9.59 Å². The van der Waals surface area contributed by atoms with Gasteiger partial charge in [0.25, 0.3) is 0 Å². The summed E-state index contributed by atoms with van der Waals surface area (Å²) >= 11 is 0. The lowest BCUT2D eigenvalue weighted by molar-refractivity contribution is -0.137. The highest BCUT2D eigenvalue weighted by Gasteiger charge is 2.35. The lowest BCUT2D eigenvalue weighted by Crippen LogP contribution is -2.58. The second-order valence-electron chi connectivity index (χ2n) is 6.38. The van der Waals surface area contributed by atoms with E-state index in [4.69, 9.17) is 14.6 Å². The van der Waals surface area contributed by atoms with E-state index in [0.29, 0.717) is 19.7 Å². The SMILES string of the molecule is CC1(C)CN(C(=O)NCCC(=O)O)CC(COc2ccccc2)O1. The number of hydrogen-bond acceptors (Lipinski definition) is 4. The Morgan fingerprint density at radius 3 is 2.75 bits per heavy atom. The number of hydrogen-bond donors (Lipinski definition) is 2. The van der Waals surface area contributed by atoms with Crippen LogP contribution in [0, 0.1) is 0 Å². The molecule has 7 heteroatoms. The number of rotatable bonds is 6. The van der Waals surface area contributed by atoms with Crippen molar-refractivity contribution in [2.75, 3.05) is 26.2 Å². The molecule has 2 N–H and O–H groups in total. The molecule has 7 nitrogen and oxygen atoms in total. The normalized spacial score (nSPS) is 19.6. The maximum atomic E-state index is 12.2. The van der Waals surface area contributed by atoms with E-state index in [1.807, 2.05) is 44.2 Å². The zero-order chi connectivity index (χ0) is 17.6. The third kappa shape index (κ3) is 5.73. The van der Waals surface area contributed by atoms with Gasteiger partial charge in [-0.25, -0.2) is 4.79 Å². The van der Waals surface area contributed by atoms with E-state index in [2.05, 4.69) is 5.32 Å². The fraction of sp³-hybridized carbons (Fsp3) is 0.529. The predicted molar refractivity (Wildman–Crippen MR) is 88.1 cm³/mol. The highest BCUT2D eigenvalue weighted by molar-refractivity contribution is 5.75. The Hall–Kier alpha value is -2.28. The molecule has 1 heterocycles. The van der Waals surface area contributed by atoms with Crippen LogP contribution in [-0.4, -0.2) is 60.0 Å². The number of urea groups is 1. The quantitative estimate of drug-likeness (QED) is 0.826. The minimum absolute atomic E-state index is 0.0972. The summed E-state index contributed by atoms with van der Waals surface area (Å²) in [4.78, 5) is 24.4. The number of nitrogens with one attached hydrogen (secondary N) is 1. The molecule has 2 rings (SSSR count). The van der Waals surface area contributed by atoms with Gasteiger partial charge in [-0.2, -0.15) is 0 Å². The highest BCUT2D eigenvalue weighted by Crippen LogP contribution is 2.22. The predicted octanol–water partition coefficient (Wildman–Crippen LogP) is 1.73. The summed E-state index contributed by atoms with van der Waals surface area (Å²) in [5.74, 6) is -0.186. The van der Waals surface area contributed by atoms with Gasteiger partial charge >= 0.3 is 12.0 Å². The molecule has 0 radical (unpaired) electrons. The van der Waals surface area contributed by atoms with Crippen molar-refractivity contribution < 1.29 is 24.2 Å². The van der Waals surface area contributed by atoms with Crippen LogP contribution in [0.25, 0.3) is 0 Å². The Morgan fingerprint density at radius 2 is 2.08 bits per heavy atom. The molecular formula is C17H24N2O5. The molecule has 0 spiro atoms. The number of carbonyl (C=O) groups is 2. The summed E-state index contributed by atoms with van der Waals surface area (Å²) in [7, 11) is 0. The van der Waals surface area contributed by atoms with E-state index in [0.717, 1.165) is 5.75 Å². The third-order valence-electron chi connectivity index (χ3n) is 3.56. The Bertz CT molecular complexity index is 561. The molecule has 1 aliphatic rings. The molecular weight excluding hydrogens is 312 g/mol. The van der Waals surface area contributed by atoms with Crippen molar-refractivity contribution in [3.8, 4) is 5.75 Å². The molecule has 0 aliphatic carbocycles. The fourth-order valence-electron chi connectivity index (χ4n) is 2.63. The van der Waals surface area contributed by atoms with Gasteiger partial charge in [0, 0.05) is 6.54 Å². The smallest absolute Gasteiger partial charge is 0.317 e. The average Bonchev–Trinajstić information content (AvgIpc) is 2.52. The van der Waals surface area contributed by atoms with E-state index in [1.54, 1.807) is 4.90 Å². The topological polar surface area (TPSA) is 88.1 Å². The Kier molecular flexibility index (Phi) is 6.03. The minimum atomic E-state index is -0.938. The Balaban J connectivity index is 1.88. The van der Waals surface area contributed by atoms with Gasteiger partial charge in [-0.3, -0.25) is 4.79 Å². The van der Waals surface area contributed by atoms with Crippen LogP contribution in [0.1, 0.15) is 20.3 Å². The number of ether oxygens (including phenoxy) is 2. The molecule has 1 fully saturated rings. The standard InChI is InChI=1S/C17H24N2O5/c1-17(2)12-19(16(22)18-9-8-15(20)21)10-14(24-17)11-23-13-6-4-3-5-7-13/h3-7,14H,8-12H2,1-2H3,(H,18,22)(H,20,21). The number of benzene rings is 1. The van der Waals surface area contributed by atoms with Crippen LogP contribution >= 0.6 is 0 Å². The zero-order valence-corrected chi connectivity index (χ0v) is 14.0. The first-order valence-electron chi connectivity index (χ1n) is 7.96. The van der Waals surface area contributed by atoms with Gasteiger partial charge in [0.1, 0.15) is 18.5 Å². The maximum Gasteiger partial charge on any atom is 0.317 e. The lowest BCUT2D eigenvalue weighted by Gasteiger charge is -2.42. The molecule has 0 aromatic heterocycles. The number of carbonyl (C=O) groups excluding carboxylic acids is 1. The van der Waals surface area contributed by atoms with E-state index in [-0.39, 0.29) is 25.1 Å². The van der Waals surface area contributed by atoms with Crippen molar-refractivity contribution in [3.63, 3.8) is 0 Å². The second kappa shape index (κ2) is 8.01. The number of nitrogens with zero attached hydrogens (tertiary/aromatic N) is 1. The van der Waals surface area contributed by atoms with Crippen molar-refractivity contribution in [2.24, 2.45) is 0 Å². The van der Waals surface area contributed by atoms with Crippen LogP contribution in [0.2, 0.25) is 0 Å². The average molecular weight is 336 g/mol. The number of amides is 2. The van der Waals surface area contributed by atoms with Gasteiger partial charge in [-0.1, -0.05) is 18.2 Å².